The second-order valence-corrected chi connectivity index (χ2v) is 9.63. The first kappa shape index (κ1) is 23.2. The summed E-state index contributed by atoms with van der Waals surface area (Å²) < 4.78 is 12.5. The summed E-state index contributed by atoms with van der Waals surface area (Å²) in [6, 6.07) is 3.59. The molecule has 0 N–H and O–H groups in total. The Morgan fingerprint density at radius 2 is 1.90 bits per heavy atom. The molecular weight excluding hydrogens is 394 g/mol. The summed E-state index contributed by atoms with van der Waals surface area (Å²) in [7, 11) is 0. The lowest BCUT2D eigenvalue weighted by Gasteiger charge is -2.23. The van der Waals surface area contributed by atoms with E-state index >= 15 is 0 Å². The third-order valence-electron chi connectivity index (χ3n) is 5.76. The molecule has 0 bridgehead atoms. The van der Waals surface area contributed by atoms with Crippen LogP contribution in [-0.2, 0) is 16.0 Å². The molecule has 1 fully saturated rings. The summed E-state index contributed by atoms with van der Waals surface area (Å²) in [5.74, 6) is 0.964. The fraction of sp³-hybridized carbons (Fsp3) is 0.667. The van der Waals surface area contributed by atoms with Gasteiger partial charge in [-0.25, -0.2) is 0 Å². The van der Waals surface area contributed by atoms with Crippen LogP contribution in [0.4, 0.5) is 0 Å². The molecule has 1 atom stereocenters. The summed E-state index contributed by atoms with van der Waals surface area (Å²) in [4.78, 5) is 29.2. The lowest BCUT2D eigenvalue weighted by atomic mass is 9.84. The van der Waals surface area contributed by atoms with Gasteiger partial charge in [-0.1, -0.05) is 50.1 Å². The van der Waals surface area contributed by atoms with Gasteiger partial charge in [-0.15, -0.1) is 0 Å². The van der Waals surface area contributed by atoms with Crippen molar-refractivity contribution in [2.24, 2.45) is 5.92 Å². The zero-order valence-corrected chi connectivity index (χ0v) is 19.0. The first-order chi connectivity index (χ1) is 14.8. The number of hydrogen-bond acceptors (Lipinski definition) is 6. The Hall–Kier alpha value is -2.44. The van der Waals surface area contributed by atoms with Gasteiger partial charge in [0.25, 0.3) is 0 Å². The zero-order valence-electron chi connectivity index (χ0n) is 19.0. The lowest BCUT2D eigenvalue weighted by Crippen LogP contribution is -2.25. The van der Waals surface area contributed by atoms with E-state index in [4.69, 9.17) is 9.26 Å². The fourth-order valence-corrected chi connectivity index (χ4v) is 4.26. The second kappa shape index (κ2) is 10.7. The highest BCUT2D eigenvalue weighted by molar-refractivity contribution is 5.80. The number of ether oxygens (including phenoxy) is 1. The third-order valence-corrected chi connectivity index (χ3v) is 5.76. The third kappa shape index (κ3) is 7.64. The molecule has 1 aliphatic carbocycles. The van der Waals surface area contributed by atoms with Crippen LogP contribution in [0.15, 0.2) is 29.0 Å². The molecule has 0 radical (unpaired) electrons. The number of hydrogen-bond donors (Lipinski definition) is 0. The predicted molar refractivity (Wildman–Crippen MR) is 117 cm³/mol. The molecule has 0 aliphatic heterocycles. The van der Waals surface area contributed by atoms with Crippen molar-refractivity contribution in [3.63, 3.8) is 0 Å². The highest BCUT2D eigenvalue weighted by Crippen LogP contribution is 2.31. The average Bonchev–Trinajstić information content (AvgIpc) is 3.39. The molecule has 1 aliphatic rings. The highest BCUT2D eigenvalue weighted by atomic mass is 16.6. The summed E-state index contributed by atoms with van der Waals surface area (Å²) in [5, 5.41) is 3.99. The topological polar surface area (TPSA) is 87.2 Å². The van der Waals surface area contributed by atoms with Gasteiger partial charge < -0.3 is 9.26 Å². The quantitative estimate of drug-likeness (QED) is 0.501. The largest absolute Gasteiger partial charge is 0.460 e. The molecule has 1 saturated carbocycles. The van der Waals surface area contributed by atoms with Crippen LogP contribution < -0.4 is 0 Å². The molecule has 31 heavy (non-hydrogen) atoms. The Morgan fingerprint density at radius 1 is 1.19 bits per heavy atom. The van der Waals surface area contributed by atoms with E-state index in [2.05, 4.69) is 10.1 Å². The van der Waals surface area contributed by atoms with Crippen LogP contribution in [0.3, 0.4) is 0 Å². The Balaban J connectivity index is 1.62. The van der Waals surface area contributed by atoms with Gasteiger partial charge in [-0.2, -0.15) is 4.98 Å². The Bertz CT molecular complexity index is 829. The normalized spacial score (nSPS) is 16.2. The van der Waals surface area contributed by atoms with Crippen LogP contribution in [0.1, 0.15) is 101 Å². The summed E-state index contributed by atoms with van der Waals surface area (Å²) >= 11 is 0. The summed E-state index contributed by atoms with van der Waals surface area (Å²) in [5.41, 5.74) is -0.535. The molecule has 170 valence electrons. The second-order valence-electron chi connectivity index (χ2n) is 9.63. The number of carbonyl (C=O) groups is 2. The van der Waals surface area contributed by atoms with E-state index in [9.17, 15) is 9.59 Å². The van der Waals surface area contributed by atoms with E-state index in [1.807, 2.05) is 20.8 Å². The van der Waals surface area contributed by atoms with Gasteiger partial charge in [0.1, 0.15) is 5.60 Å². The molecular formula is C24H35N3O4. The van der Waals surface area contributed by atoms with Gasteiger partial charge in [-0.3, -0.25) is 14.2 Å². The molecule has 0 aromatic carbocycles. The molecule has 0 saturated heterocycles. The van der Waals surface area contributed by atoms with Gasteiger partial charge >= 0.3 is 5.97 Å². The first-order valence-corrected chi connectivity index (χ1v) is 11.5. The number of aromatic nitrogens is 3. The molecule has 0 spiro atoms. The maximum atomic E-state index is 12.5. The highest BCUT2D eigenvalue weighted by Gasteiger charge is 2.26. The monoisotopic (exact) mass is 429 g/mol. The van der Waals surface area contributed by atoms with Gasteiger partial charge in [0.2, 0.25) is 11.8 Å². The molecule has 3 rings (SSSR count). The fourth-order valence-electron chi connectivity index (χ4n) is 4.26. The Labute approximate surface area is 184 Å². The Morgan fingerprint density at radius 3 is 2.58 bits per heavy atom. The van der Waals surface area contributed by atoms with Crippen molar-refractivity contribution in [2.75, 3.05) is 0 Å². The van der Waals surface area contributed by atoms with Crippen LogP contribution in [0.2, 0.25) is 0 Å². The van der Waals surface area contributed by atoms with Gasteiger partial charge in [0.05, 0.1) is 12.8 Å². The van der Waals surface area contributed by atoms with Gasteiger partial charge in [0, 0.05) is 18.3 Å². The molecule has 2 aromatic heterocycles. The molecule has 7 heteroatoms. The van der Waals surface area contributed by atoms with Crippen molar-refractivity contribution in [3.8, 4) is 0 Å². The van der Waals surface area contributed by atoms with Crippen molar-refractivity contribution < 1.29 is 18.8 Å². The van der Waals surface area contributed by atoms with Crippen molar-refractivity contribution in [2.45, 2.75) is 96.5 Å². The minimum Gasteiger partial charge on any atom is -0.460 e. The van der Waals surface area contributed by atoms with Crippen LogP contribution in [0.25, 0.3) is 0 Å². The van der Waals surface area contributed by atoms with Gasteiger partial charge in [0.15, 0.2) is 5.82 Å². The van der Waals surface area contributed by atoms with E-state index < -0.39 is 5.60 Å². The Kier molecular flexibility index (Phi) is 8.04. The maximum Gasteiger partial charge on any atom is 0.307 e. The van der Waals surface area contributed by atoms with E-state index in [0.29, 0.717) is 11.7 Å². The number of rotatable bonds is 9. The lowest BCUT2D eigenvalue weighted by molar-refractivity contribution is -0.155. The minimum absolute atomic E-state index is 0.0550. The molecule has 1 unspecified atom stereocenters. The zero-order chi connectivity index (χ0) is 22.3. The van der Waals surface area contributed by atoms with Crippen molar-refractivity contribution in [1.82, 2.24) is 14.7 Å². The first-order valence-electron chi connectivity index (χ1n) is 11.5. The molecule has 2 aromatic rings. The van der Waals surface area contributed by atoms with E-state index in [1.54, 1.807) is 24.5 Å². The minimum atomic E-state index is -0.535. The van der Waals surface area contributed by atoms with Crippen LogP contribution in [-0.4, -0.2) is 32.2 Å². The van der Waals surface area contributed by atoms with Crippen LogP contribution in [0, 0.1) is 5.92 Å². The molecule has 7 nitrogen and oxygen atoms in total. The standard InChI is InChI=1S/C24H35N3O4/c1-24(2,3)30-22(29)16-19(13-9-12-18-10-5-4-6-11-18)23-25-20(26-31-23)17-21(28)27-14-7-8-15-27/h7-8,14-15,18-19H,4-6,9-13,16-17H2,1-3H3. The van der Waals surface area contributed by atoms with E-state index in [1.165, 1.54) is 36.7 Å². The number of esters is 1. The maximum absolute atomic E-state index is 12.5. The van der Waals surface area contributed by atoms with E-state index in [0.717, 1.165) is 25.2 Å². The smallest absolute Gasteiger partial charge is 0.307 e. The van der Waals surface area contributed by atoms with Crippen molar-refractivity contribution >= 4 is 11.9 Å². The SMILES string of the molecule is CC(C)(C)OC(=O)CC(CCCC1CCCCC1)c1nc(CC(=O)n2cccc2)no1. The van der Waals surface area contributed by atoms with Crippen molar-refractivity contribution in [1.29, 1.82) is 0 Å². The summed E-state index contributed by atoms with van der Waals surface area (Å²) in [6.07, 6.45) is 13.2. The van der Waals surface area contributed by atoms with Crippen molar-refractivity contribution in [3.05, 3.63) is 36.2 Å². The van der Waals surface area contributed by atoms with Gasteiger partial charge in [-0.05, 0) is 45.2 Å². The molecule has 2 heterocycles. The van der Waals surface area contributed by atoms with E-state index in [-0.39, 0.29) is 30.6 Å². The molecule has 0 amide bonds. The number of nitrogens with zero attached hydrogens (tertiary/aromatic N) is 3. The average molecular weight is 430 g/mol. The van der Waals surface area contributed by atoms with Crippen LogP contribution in [0.5, 0.6) is 0 Å². The predicted octanol–water partition coefficient (Wildman–Crippen LogP) is 5.32. The van der Waals surface area contributed by atoms with Crippen LogP contribution >= 0.6 is 0 Å². The number of carbonyl (C=O) groups excluding carboxylic acids is 2. The summed E-state index contributed by atoms with van der Waals surface area (Å²) in [6.45, 7) is 5.59.